The Kier molecular flexibility index (Phi) is 4.24. The maximum absolute atomic E-state index is 13.2. The van der Waals surface area contributed by atoms with Gasteiger partial charge in [-0.2, -0.15) is 0 Å². The highest BCUT2D eigenvalue weighted by Gasteiger charge is 2.29. The van der Waals surface area contributed by atoms with Gasteiger partial charge in [0.25, 0.3) is 0 Å². The third-order valence-electron chi connectivity index (χ3n) is 4.68. The zero-order chi connectivity index (χ0) is 17.1. The van der Waals surface area contributed by atoms with Gasteiger partial charge in [-0.05, 0) is 33.5 Å². The zero-order valence-electron chi connectivity index (χ0n) is 13.8. The molecular weight excluding hydrogens is 314 g/mol. The Morgan fingerprint density at radius 2 is 1.80 bits per heavy atom. The van der Waals surface area contributed by atoms with Crippen LogP contribution in [0.3, 0.4) is 0 Å². The lowest BCUT2D eigenvalue weighted by Gasteiger charge is -2.31. The Morgan fingerprint density at radius 1 is 1.04 bits per heavy atom. The molecular formula is C19H19N5O. The summed E-state index contributed by atoms with van der Waals surface area (Å²) in [7, 11) is 0. The van der Waals surface area contributed by atoms with Crippen LogP contribution in [-0.4, -0.2) is 37.6 Å². The van der Waals surface area contributed by atoms with Gasteiger partial charge in [0.1, 0.15) is 12.4 Å². The van der Waals surface area contributed by atoms with Crippen molar-refractivity contribution >= 4 is 5.91 Å². The van der Waals surface area contributed by atoms with Crippen LogP contribution in [0.25, 0.3) is 0 Å². The number of carbonyl (C=O) groups is 1. The number of rotatable bonds is 4. The lowest BCUT2D eigenvalue weighted by molar-refractivity contribution is -0.136. The molecule has 0 N–H and O–H groups in total. The number of amides is 1. The molecule has 6 heteroatoms. The van der Waals surface area contributed by atoms with E-state index in [1.807, 2.05) is 41.3 Å². The normalized spacial score (nSPS) is 14.8. The van der Waals surface area contributed by atoms with E-state index in [1.54, 1.807) is 4.68 Å². The predicted octanol–water partition coefficient (Wildman–Crippen LogP) is 2.04. The van der Waals surface area contributed by atoms with E-state index < -0.39 is 6.04 Å². The smallest absolute Gasteiger partial charge is 0.248 e. The molecule has 126 valence electrons. The molecule has 0 bridgehead atoms. The number of aromatic nitrogens is 4. The first kappa shape index (κ1) is 15.5. The molecule has 0 saturated carbocycles. The molecule has 0 spiro atoms. The van der Waals surface area contributed by atoms with E-state index in [0.29, 0.717) is 13.0 Å². The number of hydrogen-bond acceptors (Lipinski definition) is 4. The second kappa shape index (κ2) is 6.84. The molecule has 2 aromatic carbocycles. The molecule has 0 aliphatic carbocycles. The number of nitrogens with zero attached hydrogens (tertiary/aromatic N) is 5. The van der Waals surface area contributed by atoms with Crippen molar-refractivity contribution in [3.63, 3.8) is 0 Å². The summed E-state index contributed by atoms with van der Waals surface area (Å²) in [6.07, 6.45) is 2.97. The van der Waals surface area contributed by atoms with Crippen LogP contribution >= 0.6 is 0 Å². The van der Waals surface area contributed by atoms with Crippen LogP contribution in [0.2, 0.25) is 0 Å². The largest absolute Gasteiger partial charge is 0.336 e. The minimum Gasteiger partial charge on any atom is -0.336 e. The van der Waals surface area contributed by atoms with Crippen LogP contribution in [0.1, 0.15) is 22.7 Å². The summed E-state index contributed by atoms with van der Waals surface area (Å²) in [4.78, 5) is 15.1. The summed E-state index contributed by atoms with van der Waals surface area (Å²) in [5.41, 5.74) is 3.64. The first-order valence-corrected chi connectivity index (χ1v) is 8.43. The lowest BCUT2D eigenvalue weighted by atomic mass is 9.98. The van der Waals surface area contributed by atoms with Crippen LogP contribution in [0.5, 0.6) is 0 Å². The molecule has 6 nitrogen and oxygen atoms in total. The van der Waals surface area contributed by atoms with E-state index in [2.05, 4.69) is 33.7 Å². The Morgan fingerprint density at radius 3 is 2.56 bits per heavy atom. The summed E-state index contributed by atoms with van der Waals surface area (Å²) >= 11 is 0. The fourth-order valence-electron chi connectivity index (χ4n) is 3.34. The highest BCUT2D eigenvalue weighted by molar-refractivity contribution is 5.81. The van der Waals surface area contributed by atoms with E-state index in [0.717, 1.165) is 18.5 Å². The van der Waals surface area contributed by atoms with Gasteiger partial charge >= 0.3 is 0 Å². The second-order valence-corrected chi connectivity index (χ2v) is 6.27. The molecule has 0 radical (unpaired) electrons. The maximum atomic E-state index is 13.2. The van der Waals surface area contributed by atoms with Gasteiger partial charge in [-0.15, -0.1) is 5.10 Å². The average molecular weight is 333 g/mol. The van der Waals surface area contributed by atoms with Gasteiger partial charge < -0.3 is 4.90 Å². The molecule has 0 unspecified atom stereocenters. The molecule has 1 aliphatic rings. The Balaban J connectivity index is 1.58. The van der Waals surface area contributed by atoms with Crippen molar-refractivity contribution in [3.8, 4) is 0 Å². The SMILES string of the molecule is O=C([C@@H](Cc1ccccc1)n1cnnn1)N1CCc2ccccc2C1. The van der Waals surface area contributed by atoms with Crippen molar-refractivity contribution < 1.29 is 4.79 Å². The Labute approximate surface area is 146 Å². The van der Waals surface area contributed by atoms with Gasteiger partial charge in [-0.1, -0.05) is 54.6 Å². The number of tetrazole rings is 1. The first-order valence-electron chi connectivity index (χ1n) is 8.43. The molecule has 1 atom stereocenters. The van der Waals surface area contributed by atoms with Crippen LogP contribution in [0.15, 0.2) is 60.9 Å². The van der Waals surface area contributed by atoms with Crippen molar-refractivity contribution in [2.75, 3.05) is 6.54 Å². The molecule has 0 fully saturated rings. The molecule has 1 aromatic heterocycles. The van der Waals surface area contributed by atoms with Crippen molar-refractivity contribution in [1.82, 2.24) is 25.1 Å². The summed E-state index contributed by atoms with van der Waals surface area (Å²) in [6, 6.07) is 17.9. The number of carbonyl (C=O) groups excluding carboxylic acids is 1. The predicted molar refractivity (Wildman–Crippen MR) is 92.6 cm³/mol. The quantitative estimate of drug-likeness (QED) is 0.733. The van der Waals surface area contributed by atoms with E-state index >= 15 is 0 Å². The molecule has 1 aliphatic heterocycles. The van der Waals surface area contributed by atoms with E-state index in [4.69, 9.17) is 0 Å². The molecule has 1 amide bonds. The summed E-state index contributed by atoms with van der Waals surface area (Å²) in [5.74, 6) is 0.0608. The van der Waals surface area contributed by atoms with Crippen LogP contribution in [0, 0.1) is 0 Å². The van der Waals surface area contributed by atoms with Crippen molar-refractivity contribution in [2.24, 2.45) is 0 Å². The minimum absolute atomic E-state index is 0.0608. The van der Waals surface area contributed by atoms with E-state index in [1.165, 1.54) is 17.5 Å². The van der Waals surface area contributed by atoms with Crippen LogP contribution in [0.4, 0.5) is 0 Å². The van der Waals surface area contributed by atoms with Crippen LogP contribution < -0.4 is 0 Å². The molecule has 4 rings (SSSR count). The van der Waals surface area contributed by atoms with Crippen molar-refractivity contribution in [2.45, 2.75) is 25.4 Å². The van der Waals surface area contributed by atoms with Gasteiger partial charge in [0.15, 0.2) is 0 Å². The van der Waals surface area contributed by atoms with E-state index in [9.17, 15) is 4.79 Å². The summed E-state index contributed by atoms with van der Waals surface area (Å²) in [5, 5.41) is 11.4. The summed E-state index contributed by atoms with van der Waals surface area (Å²) < 4.78 is 1.57. The average Bonchev–Trinajstić information content (AvgIpc) is 3.20. The zero-order valence-corrected chi connectivity index (χ0v) is 13.8. The standard InChI is InChI=1S/C19H19N5O/c25-19(23-11-10-16-8-4-5-9-17(16)13-23)18(24-14-20-21-22-24)12-15-6-2-1-3-7-15/h1-9,14,18H,10-13H2/t18-/m1/s1. The fraction of sp³-hybridized carbons (Fsp3) is 0.263. The maximum Gasteiger partial charge on any atom is 0.248 e. The highest BCUT2D eigenvalue weighted by atomic mass is 16.2. The number of fused-ring (bicyclic) bond motifs is 1. The minimum atomic E-state index is -0.428. The van der Waals surface area contributed by atoms with Gasteiger partial charge in [0.2, 0.25) is 5.91 Å². The molecule has 25 heavy (non-hydrogen) atoms. The monoisotopic (exact) mass is 333 g/mol. The van der Waals surface area contributed by atoms with Crippen molar-refractivity contribution in [1.29, 1.82) is 0 Å². The Hall–Kier alpha value is -3.02. The number of benzene rings is 2. The molecule has 0 saturated heterocycles. The summed E-state index contributed by atoms with van der Waals surface area (Å²) in [6.45, 7) is 1.37. The first-order chi connectivity index (χ1) is 12.3. The topological polar surface area (TPSA) is 63.9 Å². The highest BCUT2D eigenvalue weighted by Crippen LogP contribution is 2.23. The van der Waals surface area contributed by atoms with Gasteiger partial charge in [-0.25, -0.2) is 4.68 Å². The van der Waals surface area contributed by atoms with Gasteiger partial charge in [0, 0.05) is 19.5 Å². The number of hydrogen-bond donors (Lipinski definition) is 0. The van der Waals surface area contributed by atoms with Crippen LogP contribution in [-0.2, 0) is 24.2 Å². The van der Waals surface area contributed by atoms with Gasteiger partial charge in [0.05, 0.1) is 0 Å². The molecule has 2 heterocycles. The third-order valence-corrected chi connectivity index (χ3v) is 4.68. The van der Waals surface area contributed by atoms with Gasteiger partial charge in [-0.3, -0.25) is 4.79 Å². The second-order valence-electron chi connectivity index (χ2n) is 6.27. The third kappa shape index (κ3) is 3.28. The fourth-order valence-corrected chi connectivity index (χ4v) is 3.34. The van der Waals surface area contributed by atoms with Crippen molar-refractivity contribution in [3.05, 3.63) is 77.6 Å². The Bertz CT molecular complexity index is 847. The molecule has 3 aromatic rings. The lowest BCUT2D eigenvalue weighted by Crippen LogP contribution is -2.41. The van der Waals surface area contributed by atoms with E-state index in [-0.39, 0.29) is 5.91 Å².